The average Bonchev–Trinajstić information content (AvgIpc) is 3.36. The molecule has 1 aliphatic rings. The fraction of sp³-hybridized carbons (Fsp3) is 0.452. The van der Waals surface area contributed by atoms with E-state index < -0.39 is 0 Å². The van der Waals surface area contributed by atoms with Crippen LogP contribution in [0.5, 0.6) is 5.75 Å². The Morgan fingerprint density at radius 2 is 1.92 bits per heavy atom. The molecule has 0 unspecified atom stereocenters. The van der Waals surface area contributed by atoms with E-state index >= 15 is 0 Å². The van der Waals surface area contributed by atoms with Crippen molar-refractivity contribution in [1.82, 2.24) is 4.90 Å². The predicted octanol–water partition coefficient (Wildman–Crippen LogP) is 8.17. The van der Waals surface area contributed by atoms with E-state index in [0.717, 1.165) is 29.2 Å². The van der Waals surface area contributed by atoms with E-state index in [2.05, 4.69) is 62.6 Å². The number of hydrogen-bond donors (Lipinski definition) is 1. The smallest absolute Gasteiger partial charge is 0.137 e. The molecule has 0 saturated carbocycles. The Bertz CT molecular complexity index is 1050. The summed E-state index contributed by atoms with van der Waals surface area (Å²) in [6.45, 7) is 15.6. The lowest BCUT2D eigenvalue weighted by Crippen LogP contribution is -2.15. The molecule has 0 heterocycles. The number of ether oxygens (including phenoxy) is 1. The molecule has 0 amide bonds. The number of nitrogens with zero attached hydrogens (tertiary/aromatic N) is 2. The van der Waals surface area contributed by atoms with Crippen LogP contribution in [0, 0.1) is 11.3 Å². The van der Waals surface area contributed by atoms with Crippen molar-refractivity contribution in [3.8, 4) is 11.8 Å². The van der Waals surface area contributed by atoms with E-state index in [-0.39, 0.29) is 6.10 Å². The monoisotopic (exact) mass is 539 g/mol. The van der Waals surface area contributed by atoms with Gasteiger partial charge in [-0.2, -0.15) is 5.26 Å². The van der Waals surface area contributed by atoms with Gasteiger partial charge in [-0.3, -0.25) is 5.14 Å². The SMILES string of the molecule is C=C(S/C(=C\C)c1cccc2c1CCC2)c1ccc(OC(C)C)c(C#N)c1.CCC.CN(C)CCSN. The second-order valence-corrected chi connectivity index (χ2v) is 11.2. The summed E-state index contributed by atoms with van der Waals surface area (Å²) in [6.07, 6.45) is 7.00. The van der Waals surface area contributed by atoms with Crippen molar-refractivity contribution in [3.63, 3.8) is 0 Å². The zero-order valence-electron chi connectivity index (χ0n) is 23.8. The van der Waals surface area contributed by atoms with Crippen molar-refractivity contribution in [1.29, 1.82) is 5.26 Å². The first-order chi connectivity index (χ1) is 17.7. The van der Waals surface area contributed by atoms with Crippen molar-refractivity contribution in [2.45, 2.75) is 66.4 Å². The molecule has 0 saturated heterocycles. The number of fused-ring (bicyclic) bond motifs is 1. The van der Waals surface area contributed by atoms with Crippen molar-refractivity contribution in [2.75, 3.05) is 26.4 Å². The van der Waals surface area contributed by atoms with Gasteiger partial charge in [0.15, 0.2) is 0 Å². The molecule has 3 rings (SSSR count). The van der Waals surface area contributed by atoms with Crippen LogP contribution < -0.4 is 9.88 Å². The van der Waals surface area contributed by atoms with Crippen molar-refractivity contribution < 1.29 is 4.74 Å². The van der Waals surface area contributed by atoms with Gasteiger partial charge in [-0.05, 0) is 88.5 Å². The summed E-state index contributed by atoms with van der Waals surface area (Å²) in [6, 6.07) is 14.6. The summed E-state index contributed by atoms with van der Waals surface area (Å²) in [7, 11) is 4.08. The summed E-state index contributed by atoms with van der Waals surface area (Å²) < 4.78 is 5.72. The first-order valence-corrected chi connectivity index (χ1v) is 14.9. The molecule has 37 heavy (non-hydrogen) atoms. The molecule has 0 aromatic heterocycles. The molecule has 0 bridgehead atoms. The van der Waals surface area contributed by atoms with Crippen LogP contribution in [-0.2, 0) is 12.8 Å². The number of rotatable bonds is 9. The summed E-state index contributed by atoms with van der Waals surface area (Å²) in [5.41, 5.74) is 5.77. The maximum absolute atomic E-state index is 9.47. The standard InChI is InChI=1S/C24H25NOS.C4H12N2S.C3H8/c1-5-24(22-11-7-9-18-8-6-10-21(18)22)27-17(4)19-12-13-23(26-16(2)3)20(14-19)15-25;1-6(2)3-4-7-5;1-3-2/h5,7,9,11-14,16H,4,6,8,10H2,1-3H3;3-5H2,1-2H3;3H2,1-2H3/b24-5-;;. The Morgan fingerprint density at radius 1 is 1.22 bits per heavy atom. The second kappa shape index (κ2) is 18.1. The molecular weight excluding hydrogens is 494 g/mol. The third-order valence-corrected chi connectivity index (χ3v) is 6.92. The van der Waals surface area contributed by atoms with Gasteiger partial charge in [-0.25, -0.2) is 0 Å². The summed E-state index contributed by atoms with van der Waals surface area (Å²) in [5, 5.41) is 14.6. The predicted molar refractivity (Wildman–Crippen MR) is 167 cm³/mol. The van der Waals surface area contributed by atoms with Crippen LogP contribution in [0.15, 0.2) is 49.1 Å². The van der Waals surface area contributed by atoms with Gasteiger partial charge >= 0.3 is 0 Å². The summed E-state index contributed by atoms with van der Waals surface area (Å²) >= 11 is 3.06. The Kier molecular flexibility index (Phi) is 16.1. The molecule has 0 aliphatic heterocycles. The van der Waals surface area contributed by atoms with Gasteiger partial charge in [0, 0.05) is 22.1 Å². The fourth-order valence-corrected chi connectivity index (χ4v) is 5.09. The third-order valence-electron chi connectivity index (χ3n) is 5.35. The summed E-state index contributed by atoms with van der Waals surface area (Å²) in [5.74, 6) is 1.65. The molecule has 2 aromatic carbocycles. The van der Waals surface area contributed by atoms with Crippen molar-refractivity contribution >= 4 is 33.5 Å². The average molecular weight is 540 g/mol. The highest BCUT2D eigenvalue weighted by Crippen LogP contribution is 2.42. The van der Waals surface area contributed by atoms with Crippen molar-refractivity contribution in [3.05, 3.63) is 76.9 Å². The summed E-state index contributed by atoms with van der Waals surface area (Å²) in [4.78, 5) is 4.27. The van der Waals surface area contributed by atoms with Crippen LogP contribution in [0.2, 0.25) is 0 Å². The largest absolute Gasteiger partial charge is 0.490 e. The molecule has 2 N–H and O–H groups in total. The molecule has 4 nitrogen and oxygen atoms in total. The highest BCUT2D eigenvalue weighted by atomic mass is 32.2. The zero-order valence-corrected chi connectivity index (χ0v) is 25.4. The Balaban J connectivity index is 0.000000584. The maximum atomic E-state index is 9.47. The topological polar surface area (TPSA) is 62.3 Å². The third kappa shape index (κ3) is 11.4. The molecule has 202 valence electrons. The number of nitriles is 1. The number of nitrogens with two attached hydrogens (primary N) is 1. The lowest BCUT2D eigenvalue weighted by atomic mass is 10.0. The van der Waals surface area contributed by atoms with Crippen LogP contribution in [0.25, 0.3) is 9.81 Å². The van der Waals surface area contributed by atoms with Gasteiger partial charge in [0.1, 0.15) is 11.8 Å². The molecule has 6 heteroatoms. The van der Waals surface area contributed by atoms with Crippen LogP contribution in [-0.4, -0.2) is 37.4 Å². The molecule has 0 spiro atoms. The number of allylic oxidation sites excluding steroid dienone is 1. The molecule has 1 aliphatic carbocycles. The highest BCUT2D eigenvalue weighted by molar-refractivity contribution is 8.16. The van der Waals surface area contributed by atoms with Gasteiger partial charge in [-0.15, -0.1) is 0 Å². The lowest BCUT2D eigenvalue weighted by Gasteiger charge is -2.15. The van der Waals surface area contributed by atoms with Gasteiger partial charge < -0.3 is 9.64 Å². The fourth-order valence-electron chi connectivity index (χ4n) is 3.69. The van der Waals surface area contributed by atoms with Gasteiger partial charge in [-0.1, -0.05) is 80.9 Å². The normalized spacial score (nSPS) is 12.2. The lowest BCUT2D eigenvalue weighted by molar-refractivity contribution is 0.241. The van der Waals surface area contributed by atoms with E-state index in [1.165, 1.54) is 52.8 Å². The van der Waals surface area contributed by atoms with Crippen molar-refractivity contribution in [2.24, 2.45) is 5.14 Å². The van der Waals surface area contributed by atoms with Gasteiger partial charge in [0.05, 0.1) is 11.7 Å². The van der Waals surface area contributed by atoms with Crippen LogP contribution in [0.4, 0.5) is 0 Å². The molecule has 0 fully saturated rings. The Hall–Kier alpha value is -2.17. The number of thioether (sulfide) groups is 1. The first kappa shape index (κ1) is 32.9. The minimum Gasteiger partial charge on any atom is -0.490 e. The Labute approximate surface area is 234 Å². The Morgan fingerprint density at radius 3 is 2.46 bits per heavy atom. The minimum atomic E-state index is 0.0373. The van der Waals surface area contributed by atoms with E-state index in [1.807, 2.05) is 46.1 Å². The quantitative estimate of drug-likeness (QED) is 0.324. The van der Waals surface area contributed by atoms with E-state index in [4.69, 9.17) is 9.88 Å². The molecule has 2 aromatic rings. The van der Waals surface area contributed by atoms with Gasteiger partial charge in [0.25, 0.3) is 0 Å². The molecule has 0 radical (unpaired) electrons. The molecule has 0 atom stereocenters. The minimum absolute atomic E-state index is 0.0373. The first-order valence-electron chi connectivity index (χ1n) is 13.0. The maximum Gasteiger partial charge on any atom is 0.137 e. The second-order valence-electron chi connectivity index (χ2n) is 9.35. The van der Waals surface area contributed by atoms with E-state index in [1.54, 1.807) is 11.8 Å². The van der Waals surface area contributed by atoms with E-state index in [0.29, 0.717) is 11.3 Å². The zero-order chi connectivity index (χ0) is 27.8. The highest BCUT2D eigenvalue weighted by Gasteiger charge is 2.18. The molecular formula is C31H45N3OS2. The van der Waals surface area contributed by atoms with Crippen LogP contribution in [0.1, 0.15) is 75.3 Å². The van der Waals surface area contributed by atoms with Crippen LogP contribution in [0.3, 0.4) is 0 Å². The van der Waals surface area contributed by atoms with Crippen LogP contribution >= 0.6 is 23.7 Å². The van der Waals surface area contributed by atoms with E-state index in [9.17, 15) is 5.26 Å². The number of benzene rings is 2. The number of hydrogen-bond acceptors (Lipinski definition) is 6. The van der Waals surface area contributed by atoms with Gasteiger partial charge in [0.2, 0.25) is 0 Å². The number of aryl methyl sites for hydroxylation is 1.